The number of nitrogens with zero attached hydrogens (tertiary/aromatic N) is 1. The molecule has 19 heavy (non-hydrogen) atoms. The molecular formula is C14H20N2O2S. The Morgan fingerprint density at radius 1 is 1.58 bits per heavy atom. The van der Waals surface area contributed by atoms with Crippen molar-refractivity contribution < 1.29 is 9.53 Å². The van der Waals surface area contributed by atoms with Crippen molar-refractivity contribution in [1.82, 2.24) is 4.90 Å². The molecule has 2 amide bonds. The van der Waals surface area contributed by atoms with E-state index in [1.807, 2.05) is 35.4 Å². The second-order valence-corrected chi connectivity index (χ2v) is 5.39. The fourth-order valence-electron chi connectivity index (χ4n) is 2.05. The lowest BCUT2D eigenvalue weighted by Gasteiger charge is -2.32. The van der Waals surface area contributed by atoms with Crippen molar-refractivity contribution >= 4 is 23.5 Å². The Kier molecular flexibility index (Phi) is 5.10. The van der Waals surface area contributed by atoms with Crippen LogP contribution in [0.3, 0.4) is 0 Å². The minimum absolute atomic E-state index is 0.0417. The summed E-state index contributed by atoms with van der Waals surface area (Å²) in [5, 5.41) is 2.95. The maximum atomic E-state index is 12.2. The lowest BCUT2D eigenvalue weighted by Crippen LogP contribution is -2.47. The van der Waals surface area contributed by atoms with Gasteiger partial charge in [0.25, 0.3) is 0 Å². The number of anilines is 1. The van der Waals surface area contributed by atoms with Crippen molar-refractivity contribution in [2.75, 3.05) is 31.3 Å². The average Bonchev–Trinajstić information content (AvgIpc) is 2.47. The molecule has 0 radical (unpaired) electrons. The van der Waals surface area contributed by atoms with Crippen LogP contribution in [-0.4, -0.2) is 43.0 Å². The molecule has 5 heteroatoms. The number of ether oxygens (including phenoxy) is 1. The third-order valence-electron chi connectivity index (χ3n) is 3.20. The lowest BCUT2D eigenvalue weighted by molar-refractivity contribution is -0.0134. The molecule has 1 heterocycles. The van der Waals surface area contributed by atoms with Crippen molar-refractivity contribution in [3.63, 3.8) is 0 Å². The molecule has 0 saturated carbocycles. The van der Waals surface area contributed by atoms with Crippen LogP contribution in [0.25, 0.3) is 0 Å². The molecule has 0 unspecified atom stereocenters. The maximum Gasteiger partial charge on any atom is 0.322 e. The summed E-state index contributed by atoms with van der Waals surface area (Å²) in [4.78, 5) is 15.1. The number of morpholine rings is 1. The van der Waals surface area contributed by atoms with Crippen LogP contribution in [0.4, 0.5) is 10.5 Å². The summed E-state index contributed by atoms with van der Waals surface area (Å²) in [6.07, 6.45) is 3.12. The van der Waals surface area contributed by atoms with Gasteiger partial charge in [0.2, 0.25) is 0 Å². The number of hydrogen-bond donors (Lipinski definition) is 1. The van der Waals surface area contributed by atoms with Gasteiger partial charge >= 0.3 is 6.03 Å². The van der Waals surface area contributed by atoms with Gasteiger partial charge in [0.15, 0.2) is 0 Å². The molecule has 2 rings (SSSR count). The highest BCUT2D eigenvalue weighted by Gasteiger charge is 2.22. The fourth-order valence-corrected chi connectivity index (χ4v) is 2.51. The molecule has 1 N–H and O–H groups in total. The van der Waals surface area contributed by atoms with Gasteiger partial charge in [0.1, 0.15) is 0 Å². The highest BCUT2D eigenvalue weighted by Crippen LogP contribution is 2.19. The Bertz CT molecular complexity index is 439. The number of urea groups is 1. The molecule has 1 aliphatic heterocycles. The van der Waals surface area contributed by atoms with Crippen molar-refractivity contribution in [3.8, 4) is 0 Å². The third kappa shape index (κ3) is 3.88. The van der Waals surface area contributed by atoms with Crippen molar-refractivity contribution in [1.29, 1.82) is 0 Å². The SMILES string of the molecule is CC[C@@H]1CN(C(=O)Nc2cccc(SC)c2)CCO1. The number of benzene rings is 1. The Balaban J connectivity index is 1.96. The zero-order valence-corrected chi connectivity index (χ0v) is 12.2. The number of amides is 2. The quantitative estimate of drug-likeness (QED) is 0.865. The average molecular weight is 280 g/mol. The summed E-state index contributed by atoms with van der Waals surface area (Å²) >= 11 is 1.66. The van der Waals surface area contributed by atoms with E-state index in [-0.39, 0.29) is 12.1 Å². The van der Waals surface area contributed by atoms with Crippen LogP contribution in [0, 0.1) is 0 Å². The summed E-state index contributed by atoms with van der Waals surface area (Å²) < 4.78 is 5.57. The number of nitrogens with one attached hydrogen (secondary N) is 1. The molecule has 0 aliphatic carbocycles. The van der Waals surface area contributed by atoms with Gasteiger partial charge in [0.05, 0.1) is 12.7 Å². The largest absolute Gasteiger partial charge is 0.375 e. The minimum atomic E-state index is -0.0417. The fraction of sp³-hybridized carbons (Fsp3) is 0.500. The molecule has 0 bridgehead atoms. The molecular weight excluding hydrogens is 260 g/mol. The first kappa shape index (κ1) is 14.2. The molecule has 0 spiro atoms. The van der Waals surface area contributed by atoms with Crippen LogP contribution < -0.4 is 5.32 Å². The lowest BCUT2D eigenvalue weighted by atomic mass is 10.2. The standard InChI is InChI=1S/C14H20N2O2S/c1-3-12-10-16(7-8-18-12)14(17)15-11-5-4-6-13(9-11)19-2/h4-6,9,12H,3,7-8,10H2,1-2H3,(H,15,17)/t12-/m1/s1. The van der Waals surface area contributed by atoms with E-state index in [4.69, 9.17) is 4.74 Å². The molecule has 1 atom stereocenters. The Morgan fingerprint density at radius 2 is 2.42 bits per heavy atom. The minimum Gasteiger partial charge on any atom is -0.375 e. The van der Waals surface area contributed by atoms with E-state index < -0.39 is 0 Å². The summed E-state index contributed by atoms with van der Waals surface area (Å²) in [7, 11) is 0. The predicted octanol–water partition coefficient (Wildman–Crippen LogP) is 3.05. The van der Waals surface area contributed by atoms with E-state index in [0.717, 1.165) is 17.0 Å². The van der Waals surface area contributed by atoms with Crippen molar-refractivity contribution in [2.24, 2.45) is 0 Å². The molecule has 4 nitrogen and oxygen atoms in total. The monoisotopic (exact) mass is 280 g/mol. The zero-order valence-electron chi connectivity index (χ0n) is 11.4. The smallest absolute Gasteiger partial charge is 0.322 e. The van der Waals surface area contributed by atoms with E-state index in [0.29, 0.717) is 19.7 Å². The van der Waals surface area contributed by atoms with Crippen LogP contribution in [0.5, 0.6) is 0 Å². The second kappa shape index (κ2) is 6.82. The first-order valence-electron chi connectivity index (χ1n) is 6.54. The summed E-state index contributed by atoms with van der Waals surface area (Å²) in [6.45, 7) is 4.03. The van der Waals surface area contributed by atoms with Crippen LogP contribution in [0.15, 0.2) is 29.2 Å². The number of carbonyl (C=O) groups excluding carboxylic acids is 1. The van der Waals surface area contributed by atoms with E-state index in [9.17, 15) is 4.79 Å². The topological polar surface area (TPSA) is 41.6 Å². The van der Waals surface area contributed by atoms with E-state index in [1.54, 1.807) is 11.8 Å². The van der Waals surface area contributed by atoms with Gasteiger partial charge in [-0.1, -0.05) is 13.0 Å². The molecule has 1 fully saturated rings. The normalized spacial score (nSPS) is 19.3. The highest BCUT2D eigenvalue weighted by molar-refractivity contribution is 7.98. The number of carbonyl (C=O) groups is 1. The Hall–Kier alpha value is -1.20. The van der Waals surface area contributed by atoms with Crippen molar-refractivity contribution in [2.45, 2.75) is 24.3 Å². The van der Waals surface area contributed by atoms with E-state index in [1.165, 1.54) is 0 Å². The summed E-state index contributed by atoms with van der Waals surface area (Å²) in [5.74, 6) is 0. The van der Waals surface area contributed by atoms with Crippen LogP contribution in [0.2, 0.25) is 0 Å². The second-order valence-electron chi connectivity index (χ2n) is 4.51. The maximum absolute atomic E-state index is 12.2. The van der Waals surface area contributed by atoms with Gasteiger partial charge < -0.3 is 15.0 Å². The first-order valence-corrected chi connectivity index (χ1v) is 7.77. The Labute approximate surface area is 118 Å². The molecule has 104 valence electrons. The van der Waals surface area contributed by atoms with E-state index in [2.05, 4.69) is 12.2 Å². The van der Waals surface area contributed by atoms with Crippen LogP contribution in [-0.2, 0) is 4.74 Å². The van der Waals surface area contributed by atoms with E-state index >= 15 is 0 Å². The van der Waals surface area contributed by atoms with Gasteiger partial charge in [-0.3, -0.25) is 0 Å². The zero-order chi connectivity index (χ0) is 13.7. The number of thioether (sulfide) groups is 1. The summed E-state index contributed by atoms with van der Waals surface area (Å²) in [6, 6.07) is 7.84. The predicted molar refractivity (Wildman–Crippen MR) is 78.8 cm³/mol. The van der Waals surface area contributed by atoms with Gasteiger partial charge in [-0.2, -0.15) is 0 Å². The number of hydrogen-bond acceptors (Lipinski definition) is 3. The van der Waals surface area contributed by atoms with Gasteiger partial charge in [-0.15, -0.1) is 11.8 Å². The summed E-state index contributed by atoms with van der Waals surface area (Å²) in [5.41, 5.74) is 0.844. The first-order chi connectivity index (χ1) is 9.22. The van der Waals surface area contributed by atoms with Crippen molar-refractivity contribution in [3.05, 3.63) is 24.3 Å². The van der Waals surface area contributed by atoms with Crippen LogP contribution in [0.1, 0.15) is 13.3 Å². The molecule has 1 saturated heterocycles. The van der Waals surface area contributed by atoms with Gasteiger partial charge in [-0.05, 0) is 30.9 Å². The van der Waals surface area contributed by atoms with Crippen LogP contribution >= 0.6 is 11.8 Å². The molecule has 1 aliphatic rings. The molecule has 1 aromatic rings. The highest BCUT2D eigenvalue weighted by atomic mass is 32.2. The molecule has 0 aromatic heterocycles. The van der Waals surface area contributed by atoms with Gasteiger partial charge in [0, 0.05) is 23.7 Å². The Morgan fingerprint density at radius 3 is 3.16 bits per heavy atom. The number of rotatable bonds is 3. The van der Waals surface area contributed by atoms with Gasteiger partial charge in [-0.25, -0.2) is 4.79 Å². The molecule has 1 aromatic carbocycles. The third-order valence-corrected chi connectivity index (χ3v) is 3.93.